The van der Waals surface area contributed by atoms with Gasteiger partial charge in [-0.05, 0) is 62.6 Å². The van der Waals surface area contributed by atoms with E-state index in [1.165, 1.54) is 35.6 Å². The third-order valence-corrected chi connectivity index (χ3v) is 6.02. The van der Waals surface area contributed by atoms with Gasteiger partial charge in [-0.3, -0.25) is 10.1 Å². The molecule has 6 nitrogen and oxygen atoms in total. The van der Waals surface area contributed by atoms with Crippen molar-refractivity contribution >= 4 is 28.5 Å². The summed E-state index contributed by atoms with van der Waals surface area (Å²) in [5, 5.41) is 5.27. The molecule has 1 N–H and O–H groups in total. The first kappa shape index (κ1) is 20.2. The Balaban J connectivity index is 1.47. The third kappa shape index (κ3) is 4.11. The Morgan fingerprint density at radius 3 is 2.73 bits per heavy atom. The molecule has 0 unspecified atom stereocenters. The Kier molecular flexibility index (Phi) is 5.63. The van der Waals surface area contributed by atoms with Crippen molar-refractivity contribution in [1.82, 2.24) is 9.55 Å². The Morgan fingerprint density at radius 1 is 1.23 bits per heavy atom. The van der Waals surface area contributed by atoms with Crippen molar-refractivity contribution in [2.75, 3.05) is 19.5 Å². The molecule has 0 saturated heterocycles. The number of thiazole rings is 1. The van der Waals surface area contributed by atoms with Crippen LogP contribution in [0.2, 0.25) is 0 Å². The van der Waals surface area contributed by atoms with E-state index >= 15 is 0 Å². The molecule has 2 aromatic heterocycles. The summed E-state index contributed by atoms with van der Waals surface area (Å²) in [7, 11) is 3.23. The standard InChI is InChI=1S/C23H25N3O3S/c1-14-11-16(15(2)26(14)17-6-7-17)5-10-22(27)25-23-24-20(13-30-23)19-12-18(28-3)8-9-21(19)29-4/h5,8-13,17H,6-7H2,1-4H3,(H,24,25,27)/b10-5+. The fraction of sp³-hybridized carbons (Fsp3) is 0.304. The van der Waals surface area contributed by atoms with Crippen LogP contribution < -0.4 is 14.8 Å². The number of aromatic nitrogens is 2. The van der Waals surface area contributed by atoms with Crippen molar-refractivity contribution in [3.63, 3.8) is 0 Å². The minimum atomic E-state index is -0.204. The Bertz CT molecular complexity index is 1110. The Hall–Kier alpha value is -3.06. The maximum Gasteiger partial charge on any atom is 0.250 e. The maximum absolute atomic E-state index is 12.4. The van der Waals surface area contributed by atoms with Crippen LogP contribution in [-0.4, -0.2) is 29.7 Å². The molecule has 1 amide bonds. The third-order valence-electron chi connectivity index (χ3n) is 5.27. The number of carbonyl (C=O) groups excluding carboxylic acids is 1. The van der Waals surface area contributed by atoms with Crippen molar-refractivity contribution in [3.05, 3.63) is 52.7 Å². The number of nitrogens with one attached hydrogen (secondary N) is 1. The number of hydrogen-bond acceptors (Lipinski definition) is 5. The first-order valence-electron chi connectivity index (χ1n) is 9.85. The summed E-state index contributed by atoms with van der Waals surface area (Å²) in [4.78, 5) is 17.0. The van der Waals surface area contributed by atoms with Gasteiger partial charge in [-0.2, -0.15) is 0 Å². The van der Waals surface area contributed by atoms with Crippen molar-refractivity contribution < 1.29 is 14.3 Å². The van der Waals surface area contributed by atoms with E-state index in [0.717, 1.165) is 22.6 Å². The molecular formula is C23H25N3O3S. The first-order chi connectivity index (χ1) is 14.5. The topological polar surface area (TPSA) is 65.4 Å². The van der Waals surface area contributed by atoms with Gasteiger partial charge in [-0.15, -0.1) is 11.3 Å². The Morgan fingerprint density at radius 2 is 2.03 bits per heavy atom. The molecule has 1 aliphatic rings. The second-order valence-electron chi connectivity index (χ2n) is 7.35. The van der Waals surface area contributed by atoms with Crippen LogP contribution >= 0.6 is 11.3 Å². The molecule has 7 heteroatoms. The van der Waals surface area contributed by atoms with Crippen LogP contribution in [0, 0.1) is 13.8 Å². The predicted molar refractivity (Wildman–Crippen MR) is 120 cm³/mol. The van der Waals surface area contributed by atoms with Crippen molar-refractivity contribution in [3.8, 4) is 22.8 Å². The molecule has 1 aromatic carbocycles. The van der Waals surface area contributed by atoms with Crippen molar-refractivity contribution in [1.29, 1.82) is 0 Å². The highest BCUT2D eigenvalue weighted by Gasteiger charge is 2.26. The highest BCUT2D eigenvalue weighted by atomic mass is 32.1. The van der Waals surface area contributed by atoms with E-state index in [1.54, 1.807) is 20.3 Å². The van der Waals surface area contributed by atoms with Gasteiger partial charge >= 0.3 is 0 Å². The first-order valence-corrected chi connectivity index (χ1v) is 10.7. The number of nitrogens with zero attached hydrogens (tertiary/aromatic N) is 2. The lowest BCUT2D eigenvalue weighted by atomic mass is 10.1. The van der Waals surface area contributed by atoms with Gasteiger partial charge in [0.15, 0.2) is 5.13 Å². The van der Waals surface area contributed by atoms with Gasteiger partial charge in [-0.1, -0.05) is 0 Å². The predicted octanol–water partition coefficient (Wildman–Crippen LogP) is 5.23. The highest BCUT2D eigenvalue weighted by molar-refractivity contribution is 7.14. The summed E-state index contributed by atoms with van der Waals surface area (Å²) in [5.74, 6) is 1.21. The van der Waals surface area contributed by atoms with Crippen molar-refractivity contribution in [2.45, 2.75) is 32.7 Å². The van der Waals surface area contributed by atoms with Crippen LogP contribution in [0.1, 0.15) is 35.8 Å². The maximum atomic E-state index is 12.4. The average Bonchev–Trinajstić information content (AvgIpc) is 3.39. The molecule has 4 rings (SSSR count). The van der Waals surface area contributed by atoms with Crippen LogP contribution in [0.15, 0.2) is 35.7 Å². The molecule has 0 spiro atoms. The smallest absolute Gasteiger partial charge is 0.250 e. The van der Waals surface area contributed by atoms with E-state index in [-0.39, 0.29) is 5.91 Å². The molecule has 1 saturated carbocycles. The number of benzene rings is 1. The number of carbonyl (C=O) groups is 1. The summed E-state index contributed by atoms with van der Waals surface area (Å²) in [6, 6.07) is 8.31. The van der Waals surface area contributed by atoms with Gasteiger partial charge in [0.1, 0.15) is 11.5 Å². The molecule has 3 aromatic rings. The van der Waals surface area contributed by atoms with Crippen LogP contribution in [0.4, 0.5) is 5.13 Å². The fourth-order valence-electron chi connectivity index (χ4n) is 3.65. The molecular weight excluding hydrogens is 398 g/mol. The summed E-state index contributed by atoms with van der Waals surface area (Å²) >= 11 is 1.37. The number of rotatable bonds is 7. The molecule has 0 radical (unpaired) electrons. The minimum Gasteiger partial charge on any atom is -0.497 e. The number of ether oxygens (including phenoxy) is 2. The molecule has 0 bridgehead atoms. The number of anilines is 1. The monoisotopic (exact) mass is 423 g/mol. The second-order valence-corrected chi connectivity index (χ2v) is 8.21. The van der Waals surface area contributed by atoms with E-state index in [9.17, 15) is 4.79 Å². The molecule has 1 aliphatic carbocycles. The summed E-state index contributed by atoms with van der Waals surface area (Å²) in [6.07, 6.45) is 5.91. The van der Waals surface area contributed by atoms with E-state index in [2.05, 4.69) is 34.8 Å². The summed E-state index contributed by atoms with van der Waals surface area (Å²) in [6.45, 7) is 4.23. The van der Waals surface area contributed by atoms with Crippen LogP contribution in [0.3, 0.4) is 0 Å². The SMILES string of the molecule is COc1ccc(OC)c(-c2csc(NC(=O)/C=C/c3cc(C)n(C4CC4)c3C)n2)c1. The highest BCUT2D eigenvalue weighted by Crippen LogP contribution is 2.38. The molecule has 1 fully saturated rings. The molecule has 0 atom stereocenters. The number of amides is 1. The quantitative estimate of drug-likeness (QED) is 0.528. The summed E-state index contributed by atoms with van der Waals surface area (Å²) in [5.41, 5.74) is 5.07. The molecule has 2 heterocycles. The molecule has 156 valence electrons. The summed E-state index contributed by atoms with van der Waals surface area (Å²) < 4.78 is 13.1. The lowest BCUT2D eigenvalue weighted by molar-refractivity contribution is -0.111. The lowest BCUT2D eigenvalue weighted by Crippen LogP contribution is -2.07. The number of methoxy groups -OCH3 is 2. The Labute approximate surface area is 180 Å². The van der Waals surface area contributed by atoms with E-state index in [4.69, 9.17) is 9.47 Å². The van der Waals surface area contributed by atoms with Gasteiger partial charge in [0.25, 0.3) is 0 Å². The zero-order chi connectivity index (χ0) is 21.3. The van der Waals surface area contributed by atoms with Gasteiger partial charge in [0, 0.05) is 34.4 Å². The normalized spacial score (nSPS) is 13.6. The second kappa shape index (κ2) is 8.36. The zero-order valence-corrected chi connectivity index (χ0v) is 18.4. The van der Waals surface area contributed by atoms with Gasteiger partial charge in [0.05, 0.1) is 19.9 Å². The number of hydrogen-bond donors (Lipinski definition) is 1. The molecule has 0 aliphatic heterocycles. The van der Waals surface area contributed by atoms with Gasteiger partial charge in [0.2, 0.25) is 5.91 Å². The average molecular weight is 424 g/mol. The molecule has 30 heavy (non-hydrogen) atoms. The largest absolute Gasteiger partial charge is 0.497 e. The zero-order valence-electron chi connectivity index (χ0n) is 17.6. The van der Waals surface area contributed by atoms with Gasteiger partial charge < -0.3 is 14.0 Å². The van der Waals surface area contributed by atoms with Crippen LogP contribution in [0.5, 0.6) is 11.5 Å². The van der Waals surface area contributed by atoms with Gasteiger partial charge in [-0.25, -0.2) is 4.98 Å². The lowest BCUT2D eigenvalue weighted by Gasteiger charge is -2.08. The minimum absolute atomic E-state index is 0.204. The van der Waals surface area contributed by atoms with Crippen LogP contribution in [-0.2, 0) is 4.79 Å². The van der Waals surface area contributed by atoms with E-state index in [0.29, 0.717) is 16.9 Å². The van der Waals surface area contributed by atoms with Crippen molar-refractivity contribution in [2.24, 2.45) is 0 Å². The van der Waals surface area contributed by atoms with E-state index < -0.39 is 0 Å². The number of aryl methyl sites for hydroxylation is 1. The van der Waals surface area contributed by atoms with Crippen LogP contribution in [0.25, 0.3) is 17.3 Å². The van der Waals surface area contributed by atoms with E-state index in [1.807, 2.05) is 29.7 Å². The fourth-order valence-corrected chi connectivity index (χ4v) is 4.36.